The summed E-state index contributed by atoms with van der Waals surface area (Å²) in [4.78, 5) is 14.9. The lowest BCUT2D eigenvalue weighted by molar-refractivity contribution is -0.136. The second kappa shape index (κ2) is 6.00. The van der Waals surface area contributed by atoms with Crippen LogP contribution in [0.25, 0.3) is 0 Å². The largest absolute Gasteiger partial charge is 0.481 e. The number of aromatic nitrogens is 1. The minimum atomic E-state index is -0.823. The van der Waals surface area contributed by atoms with Gasteiger partial charge in [0.05, 0.1) is 12.1 Å². The third kappa shape index (κ3) is 4.00. The number of hydrogen-bond donors (Lipinski definition) is 2. The monoisotopic (exact) mass is 254 g/mol. The Hall–Kier alpha value is -1.10. The van der Waals surface area contributed by atoms with Gasteiger partial charge in [-0.15, -0.1) is 11.3 Å². The zero-order chi connectivity index (χ0) is 12.1. The van der Waals surface area contributed by atoms with E-state index in [0.717, 1.165) is 5.13 Å². The van der Waals surface area contributed by atoms with Crippen LogP contribution >= 0.6 is 11.3 Å². The van der Waals surface area contributed by atoms with Gasteiger partial charge in [-0.3, -0.25) is 4.79 Å². The summed E-state index contributed by atoms with van der Waals surface area (Å²) >= 11 is 1.51. The van der Waals surface area contributed by atoms with Gasteiger partial charge in [-0.1, -0.05) is 25.7 Å². The minimum absolute atomic E-state index is 0.0167. The molecule has 1 aliphatic rings. The van der Waals surface area contributed by atoms with Gasteiger partial charge in [0.25, 0.3) is 0 Å². The van der Waals surface area contributed by atoms with Crippen LogP contribution in [0.15, 0.2) is 5.38 Å². The third-order valence-corrected chi connectivity index (χ3v) is 3.89. The van der Waals surface area contributed by atoms with E-state index in [2.05, 4.69) is 10.3 Å². The summed E-state index contributed by atoms with van der Waals surface area (Å²) in [6, 6.07) is 0.515. The van der Waals surface area contributed by atoms with E-state index >= 15 is 0 Å². The zero-order valence-corrected chi connectivity index (χ0v) is 10.6. The molecule has 0 spiro atoms. The van der Waals surface area contributed by atoms with E-state index in [1.807, 2.05) is 5.38 Å². The predicted molar refractivity (Wildman–Crippen MR) is 68.6 cm³/mol. The smallest absolute Gasteiger partial charge is 0.309 e. The molecule has 5 heteroatoms. The lowest BCUT2D eigenvalue weighted by Crippen LogP contribution is -2.18. The van der Waals surface area contributed by atoms with Crippen molar-refractivity contribution in [1.29, 1.82) is 0 Å². The molecule has 1 fully saturated rings. The Morgan fingerprint density at radius 1 is 1.41 bits per heavy atom. The van der Waals surface area contributed by atoms with Crippen molar-refractivity contribution in [2.24, 2.45) is 0 Å². The van der Waals surface area contributed by atoms with Crippen LogP contribution in [0.2, 0.25) is 0 Å². The van der Waals surface area contributed by atoms with Crippen LogP contribution in [0.1, 0.15) is 44.2 Å². The molecule has 0 aromatic carbocycles. The van der Waals surface area contributed by atoms with Gasteiger partial charge in [-0.25, -0.2) is 4.98 Å². The van der Waals surface area contributed by atoms with Crippen LogP contribution in [-0.4, -0.2) is 22.1 Å². The summed E-state index contributed by atoms with van der Waals surface area (Å²) in [5.41, 5.74) is 0.652. The number of carboxylic acid groups (broad SMARTS) is 1. The van der Waals surface area contributed by atoms with Crippen LogP contribution in [0.5, 0.6) is 0 Å². The van der Waals surface area contributed by atoms with Crippen molar-refractivity contribution in [2.45, 2.75) is 51.0 Å². The third-order valence-electron chi connectivity index (χ3n) is 3.07. The molecule has 1 aliphatic carbocycles. The highest BCUT2D eigenvalue weighted by molar-refractivity contribution is 7.13. The molecule has 0 saturated heterocycles. The van der Waals surface area contributed by atoms with Crippen molar-refractivity contribution >= 4 is 22.4 Å². The molecule has 1 aromatic rings. The van der Waals surface area contributed by atoms with Gasteiger partial charge >= 0.3 is 5.97 Å². The zero-order valence-electron chi connectivity index (χ0n) is 9.82. The number of hydrogen-bond acceptors (Lipinski definition) is 4. The van der Waals surface area contributed by atoms with Gasteiger partial charge in [0.1, 0.15) is 0 Å². The number of carboxylic acids is 1. The van der Waals surface area contributed by atoms with E-state index in [-0.39, 0.29) is 6.42 Å². The average molecular weight is 254 g/mol. The van der Waals surface area contributed by atoms with Crippen molar-refractivity contribution in [2.75, 3.05) is 5.32 Å². The van der Waals surface area contributed by atoms with Crippen LogP contribution in [0.4, 0.5) is 5.13 Å². The molecular weight excluding hydrogens is 236 g/mol. The van der Waals surface area contributed by atoms with Gasteiger partial charge in [0.2, 0.25) is 0 Å². The second-order valence-corrected chi connectivity index (χ2v) is 5.41. The SMILES string of the molecule is O=C(O)Cc1csc(NC2CCCCCC2)n1. The van der Waals surface area contributed by atoms with Crippen LogP contribution in [0.3, 0.4) is 0 Å². The van der Waals surface area contributed by atoms with E-state index in [4.69, 9.17) is 5.11 Å². The van der Waals surface area contributed by atoms with Gasteiger partial charge in [0, 0.05) is 11.4 Å². The Balaban J connectivity index is 1.89. The number of nitrogens with one attached hydrogen (secondary N) is 1. The lowest BCUT2D eigenvalue weighted by Gasteiger charge is -2.14. The van der Waals surface area contributed by atoms with E-state index < -0.39 is 5.97 Å². The molecule has 1 saturated carbocycles. The summed E-state index contributed by atoms with van der Waals surface area (Å²) in [5, 5.41) is 14.8. The molecule has 0 amide bonds. The highest BCUT2D eigenvalue weighted by Crippen LogP contribution is 2.23. The molecule has 2 N–H and O–H groups in total. The van der Waals surface area contributed by atoms with Crippen molar-refractivity contribution in [3.8, 4) is 0 Å². The van der Waals surface area contributed by atoms with Crippen molar-refractivity contribution in [1.82, 2.24) is 4.98 Å². The van der Waals surface area contributed by atoms with Crippen molar-refractivity contribution in [3.63, 3.8) is 0 Å². The number of anilines is 1. The van der Waals surface area contributed by atoms with Gasteiger partial charge in [0.15, 0.2) is 5.13 Å². The van der Waals surface area contributed by atoms with Gasteiger partial charge in [-0.05, 0) is 12.8 Å². The maximum absolute atomic E-state index is 10.6. The first kappa shape index (κ1) is 12.4. The predicted octanol–water partition coefficient (Wildman–Crippen LogP) is 2.90. The first-order chi connectivity index (χ1) is 8.24. The van der Waals surface area contributed by atoms with Crippen LogP contribution in [0, 0.1) is 0 Å². The van der Waals surface area contributed by atoms with Gasteiger partial charge < -0.3 is 10.4 Å². The summed E-state index contributed by atoms with van der Waals surface area (Å²) in [7, 11) is 0. The molecule has 0 unspecified atom stereocenters. The molecule has 17 heavy (non-hydrogen) atoms. The number of aliphatic carboxylic acids is 1. The highest BCUT2D eigenvalue weighted by Gasteiger charge is 2.14. The Labute approximate surface area is 105 Å². The fourth-order valence-electron chi connectivity index (χ4n) is 2.21. The Morgan fingerprint density at radius 3 is 2.76 bits per heavy atom. The molecule has 0 atom stereocenters. The molecule has 0 radical (unpaired) electrons. The first-order valence-electron chi connectivity index (χ1n) is 6.17. The Bertz CT molecular complexity index is 370. The fourth-order valence-corrected chi connectivity index (χ4v) is 3.00. The molecule has 1 aromatic heterocycles. The molecule has 0 bridgehead atoms. The first-order valence-corrected chi connectivity index (χ1v) is 7.05. The molecule has 1 heterocycles. The molecular formula is C12H18N2O2S. The molecule has 4 nitrogen and oxygen atoms in total. The second-order valence-electron chi connectivity index (χ2n) is 4.55. The van der Waals surface area contributed by atoms with E-state index in [0.29, 0.717) is 11.7 Å². The maximum Gasteiger partial charge on any atom is 0.309 e. The standard InChI is InChI=1S/C12H18N2O2S/c15-11(16)7-10-8-17-12(14-10)13-9-5-3-1-2-4-6-9/h8-9H,1-7H2,(H,13,14)(H,15,16). The number of carbonyl (C=O) groups is 1. The quantitative estimate of drug-likeness (QED) is 0.811. The normalized spacial score (nSPS) is 17.6. The molecule has 2 rings (SSSR count). The highest BCUT2D eigenvalue weighted by atomic mass is 32.1. The summed E-state index contributed by atoms with van der Waals surface area (Å²) in [6.45, 7) is 0. The summed E-state index contributed by atoms with van der Waals surface area (Å²) in [6.07, 6.45) is 7.65. The number of rotatable bonds is 4. The minimum Gasteiger partial charge on any atom is -0.481 e. The fraction of sp³-hybridized carbons (Fsp3) is 0.667. The average Bonchev–Trinajstić information content (AvgIpc) is 2.54. The topological polar surface area (TPSA) is 62.2 Å². The van der Waals surface area contributed by atoms with E-state index in [1.54, 1.807) is 0 Å². The summed E-state index contributed by atoms with van der Waals surface area (Å²) < 4.78 is 0. The lowest BCUT2D eigenvalue weighted by atomic mass is 10.1. The maximum atomic E-state index is 10.6. The van der Waals surface area contributed by atoms with Crippen LogP contribution < -0.4 is 5.32 Å². The van der Waals surface area contributed by atoms with E-state index in [9.17, 15) is 4.79 Å². The van der Waals surface area contributed by atoms with Crippen molar-refractivity contribution < 1.29 is 9.90 Å². The Morgan fingerprint density at radius 2 is 2.12 bits per heavy atom. The summed E-state index contributed by atoms with van der Waals surface area (Å²) in [5.74, 6) is -0.823. The Kier molecular flexibility index (Phi) is 4.36. The molecule has 94 valence electrons. The number of nitrogens with zero attached hydrogens (tertiary/aromatic N) is 1. The number of thiazole rings is 1. The van der Waals surface area contributed by atoms with Crippen molar-refractivity contribution in [3.05, 3.63) is 11.1 Å². The van der Waals surface area contributed by atoms with Crippen LogP contribution in [-0.2, 0) is 11.2 Å². The van der Waals surface area contributed by atoms with E-state index in [1.165, 1.54) is 49.9 Å². The molecule has 0 aliphatic heterocycles. The van der Waals surface area contributed by atoms with Gasteiger partial charge in [-0.2, -0.15) is 0 Å².